The van der Waals surface area contributed by atoms with Crippen LogP contribution in [0.4, 0.5) is 0 Å². The first-order valence-corrected chi connectivity index (χ1v) is 9.86. The quantitative estimate of drug-likeness (QED) is 0.576. The molecule has 0 saturated carbocycles. The van der Waals surface area contributed by atoms with Crippen molar-refractivity contribution in [1.29, 1.82) is 0 Å². The van der Waals surface area contributed by atoms with Crippen LogP contribution in [0.2, 0.25) is 0 Å². The molecule has 29 heavy (non-hydrogen) atoms. The molecule has 152 valence electrons. The number of hydrogen-bond acceptors (Lipinski definition) is 8. The van der Waals surface area contributed by atoms with Crippen LogP contribution in [-0.2, 0) is 6.54 Å². The number of ether oxygens (including phenoxy) is 1. The lowest BCUT2D eigenvalue weighted by Crippen LogP contribution is -2.20. The first-order valence-electron chi connectivity index (χ1n) is 9.86. The molecule has 0 amide bonds. The van der Waals surface area contributed by atoms with E-state index in [9.17, 15) is 0 Å². The number of aromatic nitrogens is 4. The van der Waals surface area contributed by atoms with Crippen molar-refractivity contribution in [2.45, 2.75) is 18.9 Å². The number of likely N-dealkylation sites (N-methyl/N-ethyl adjacent to an activating group) is 1. The van der Waals surface area contributed by atoms with Crippen molar-refractivity contribution in [3.63, 3.8) is 0 Å². The maximum absolute atomic E-state index is 5.85. The molecule has 4 rings (SSSR count). The molecule has 1 atom stereocenters. The van der Waals surface area contributed by atoms with Gasteiger partial charge in [0.1, 0.15) is 18.1 Å². The number of likely N-dealkylation sites (tertiary alicyclic amines) is 1. The predicted molar refractivity (Wildman–Crippen MR) is 108 cm³/mol. The van der Waals surface area contributed by atoms with E-state index >= 15 is 0 Å². The van der Waals surface area contributed by atoms with E-state index in [1.54, 1.807) is 18.6 Å². The van der Waals surface area contributed by atoms with E-state index in [1.165, 1.54) is 5.56 Å². The highest BCUT2D eigenvalue weighted by molar-refractivity contribution is 5.43. The summed E-state index contributed by atoms with van der Waals surface area (Å²) in [5.41, 5.74) is 1.88. The Hall–Kier alpha value is -2.84. The fraction of sp³-hybridized carbons (Fsp3) is 0.429. The lowest BCUT2D eigenvalue weighted by Gasteiger charge is -2.16. The molecular formula is C21H26N6O2. The smallest absolute Gasteiger partial charge is 0.267 e. The van der Waals surface area contributed by atoms with Gasteiger partial charge in [0.05, 0.1) is 12.1 Å². The van der Waals surface area contributed by atoms with E-state index in [2.05, 4.69) is 42.1 Å². The molecular weight excluding hydrogens is 368 g/mol. The number of benzene rings is 1. The Morgan fingerprint density at radius 2 is 2.03 bits per heavy atom. The Labute approximate surface area is 170 Å². The van der Waals surface area contributed by atoms with Crippen LogP contribution in [0.5, 0.6) is 5.75 Å². The van der Waals surface area contributed by atoms with Gasteiger partial charge < -0.3 is 14.1 Å². The van der Waals surface area contributed by atoms with Crippen LogP contribution in [0.3, 0.4) is 0 Å². The van der Waals surface area contributed by atoms with E-state index in [0.29, 0.717) is 24.1 Å². The normalized spacial score (nSPS) is 17.1. The minimum Gasteiger partial charge on any atom is -0.492 e. The Kier molecular flexibility index (Phi) is 6.12. The summed E-state index contributed by atoms with van der Waals surface area (Å²) >= 11 is 0. The molecule has 1 saturated heterocycles. The molecule has 0 aliphatic carbocycles. The third kappa shape index (κ3) is 5.16. The molecule has 0 spiro atoms. The topological polar surface area (TPSA) is 80.4 Å². The second kappa shape index (κ2) is 9.11. The highest BCUT2D eigenvalue weighted by atomic mass is 16.5. The molecule has 1 fully saturated rings. The average molecular weight is 394 g/mol. The highest BCUT2D eigenvalue weighted by Gasteiger charge is 2.28. The van der Waals surface area contributed by atoms with Crippen LogP contribution in [0, 0.1) is 0 Å². The molecule has 0 N–H and O–H groups in total. The van der Waals surface area contributed by atoms with Crippen molar-refractivity contribution in [3.8, 4) is 17.3 Å². The zero-order chi connectivity index (χ0) is 20.1. The number of nitrogens with zero attached hydrogens (tertiary/aromatic N) is 6. The summed E-state index contributed by atoms with van der Waals surface area (Å²) in [7, 11) is 4.08. The first kappa shape index (κ1) is 19.5. The largest absolute Gasteiger partial charge is 0.492 e. The van der Waals surface area contributed by atoms with Gasteiger partial charge in [0, 0.05) is 32.0 Å². The van der Waals surface area contributed by atoms with Crippen molar-refractivity contribution >= 4 is 0 Å². The molecule has 0 unspecified atom stereocenters. The van der Waals surface area contributed by atoms with Crippen molar-refractivity contribution in [2.75, 3.05) is 40.3 Å². The van der Waals surface area contributed by atoms with Gasteiger partial charge >= 0.3 is 0 Å². The number of rotatable bonds is 8. The van der Waals surface area contributed by atoms with E-state index in [4.69, 9.17) is 9.15 Å². The van der Waals surface area contributed by atoms with E-state index in [-0.39, 0.29) is 5.92 Å². The second-order valence-electron chi connectivity index (χ2n) is 7.55. The summed E-state index contributed by atoms with van der Waals surface area (Å²) in [4.78, 5) is 12.8. The van der Waals surface area contributed by atoms with Gasteiger partial charge in [0.25, 0.3) is 5.89 Å². The minimum absolute atomic E-state index is 0.251. The van der Waals surface area contributed by atoms with Gasteiger partial charge in [0.15, 0.2) is 0 Å². The van der Waals surface area contributed by atoms with Gasteiger partial charge in [-0.2, -0.15) is 0 Å². The van der Waals surface area contributed by atoms with Gasteiger partial charge in [-0.3, -0.25) is 9.88 Å². The lowest BCUT2D eigenvalue weighted by atomic mass is 10.1. The van der Waals surface area contributed by atoms with Gasteiger partial charge in [0.2, 0.25) is 5.89 Å². The number of hydrogen-bond donors (Lipinski definition) is 0. The van der Waals surface area contributed by atoms with Gasteiger partial charge in [-0.1, -0.05) is 12.1 Å². The maximum atomic E-state index is 5.85. The monoisotopic (exact) mass is 394 g/mol. The molecule has 1 aliphatic rings. The Morgan fingerprint density at radius 3 is 2.79 bits per heavy atom. The highest BCUT2D eigenvalue weighted by Crippen LogP contribution is 2.29. The Balaban J connectivity index is 1.30. The van der Waals surface area contributed by atoms with Crippen molar-refractivity contribution in [1.82, 2.24) is 30.0 Å². The summed E-state index contributed by atoms with van der Waals surface area (Å²) in [6.45, 7) is 4.42. The van der Waals surface area contributed by atoms with E-state index in [1.807, 2.05) is 26.2 Å². The molecule has 8 heteroatoms. The Morgan fingerprint density at radius 1 is 1.17 bits per heavy atom. The summed E-state index contributed by atoms with van der Waals surface area (Å²) < 4.78 is 11.6. The first-order chi connectivity index (χ1) is 14.2. The summed E-state index contributed by atoms with van der Waals surface area (Å²) in [6, 6.07) is 8.36. The molecule has 3 aromatic rings. The van der Waals surface area contributed by atoms with Crippen molar-refractivity contribution < 1.29 is 9.15 Å². The zero-order valence-corrected chi connectivity index (χ0v) is 16.9. The van der Waals surface area contributed by atoms with E-state index < -0.39 is 0 Å². The standard InChI is InChI=1S/C21H26N6O2/c1-26(2)11-12-28-18-5-3-16(4-6-18)14-27-10-7-17(15-27)20-24-25-21(29-20)19-13-22-8-9-23-19/h3-6,8-9,13,17H,7,10-12,14-15H2,1-2H3/t17-/m0/s1. The molecule has 1 aromatic carbocycles. The zero-order valence-electron chi connectivity index (χ0n) is 16.9. The third-order valence-electron chi connectivity index (χ3n) is 4.98. The van der Waals surface area contributed by atoms with Gasteiger partial charge in [-0.25, -0.2) is 4.98 Å². The molecule has 2 aromatic heterocycles. The molecule has 0 bridgehead atoms. The van der Waals surface area contributed by atoms with Crippen LogP contribution in [0.25, 0.3) is 11.6 Å². The summed E-state index contributed by atoms with van der Waals surface area (Å²) in [5, 5.41) is 8.37. The minimum atomic E-state index is 0.251. The van der Waals surface area contributed by atoms with Crippen LogP contribution in [-0.4, -0.2) is 70.3 Å². The van der Waals surface area contributed by atoms with Crippen LogP contribution >= 0.6 is 0 Å². The Bertz CT molecular complexity index is 897. The van der Waals surface area contributed by atoms with Crippen LogP contribution in [0.15, 0.2) is 47.3 Å². The maximum Gasteiger partial charge on any atom is 0.267 e. The molecule has 1 aliphatic heterocycles. The molecule has 0 radical (unpaired) electrons. The van der Waals surface area contributed by atoms with Crippen molar-refractivity contribution in [3.05, 3.63) is 54.3 Å². The van der Waals surface area contributed by atoms with Gasteiger partial charge in [-0.05, 0) is 44.8 Å². The summed E-state index contributed by atoms with van der Waals surface area (Å²) in [6.07, 6.45) is 5.88. The SMILES string of the molecule is CN(C)CCOc1ccc(CN2CC[C@H](c3nnc(-c4cnccn4)o3)C2)cc1. The lowest BCUT2D eigenvalue weighted by molar-refractivity contribution is 0.261. The fourth-order valence-electron chi connectivity index (χ4n) is 3.39. The molecule has 3 heterocycles. The predicted octanol–water partition coefficient (Wildman–Crippen LogP) is 2.46. The van der Waals surface area contributed by atoms with Crippen molar-refractivity contribution in [2.24, 2.45) is 0 Å². The average Bonchev–Trinajstić information content (AvgIpc) is 3.39. The van der Waals surface area contributed by atoms with Crippen LogP contribution in [0.1, 0.15) is 23.8 Å². The fourth-order valence-corrected chi connectivity index (χ4v) is 3.39. The second-order valence-corrected chi connectivity index (χ2v) is 7.55. The van der Waals surface area contributed by atoms with Crippen LogP contribution < -0.4 is 4.74 Å². The van der Waals surface area contributed by atoms with Gasteiger partial charge in [-0.15, -0.1) is 10.2 Å². The van der Waals surface area contributed by atoms with E-state index in [0.717, 1.165) is 38.3 Å². The third-order valence-corrected chi connectivity index (χ3v) is 4.98. The summed E-state index contributed by atoms with van der Waals surface area (Å²) in [5.74, 6) is 2.27. The molecule has 8 nitrogen and oxygen atoms in total.